The Balaban J connectivity index is 1.97. The van der Waals surface area contributed by atoms with Crippen molar-refractivity contribution in [1.29, 1.82) is 0 Å². The number of hydrogen-bond acceptors (Lipinski definition) is 4. The normalized spacial score (nSPS) is 31.7. The predicted molar refractivity (Wildman–Crippen MR) is 82.1 cm³/mol. The fraction of sp³-hybridized carbons (Fsp3) is 0.929. The third-order valence-electron chi connectivity index (χ3n) is 4.50. The summed E-state index contributed by atoms with van der Waals surface area (Å²) in [5.74, 6) is 0.0221. The van der Waals surface area contributed by atoms with Crippen LogP contribution in [0, 0.1) is 5.92 Å². The Morgan fingerprint density at radius 2 is 1.86 bits per heavy atom. The van der Waals surface area contributed by atoms with Crippen LogP contribution in [0.5, 0.6) is 0 Å². The molecule has 1 amide bonds. The average molecular weight is 317 g/mol. The Kier molecular flexibility index (Phi) is 5.62. The quantitative estimate of drug-likeness (QED) is 0.739. The topological polar surface area (TPSA) is 92.5 Å². The molecule has 2 fully saturated rings. The molecule has 0 radical (unpaired) electrons. The van der Waals surface area contributed by atoms with E-state index in [-0.39, 0.29) is 23.9 Å². The molecule has 1 saturated carbocycles. The lowest BCUT2D eigenvalue weighted by molar-refractivity contribution is -0.137. The summed E-state index contributed by atoms with van der Waals surface area (Å²) >= 11 is 0. The summed E-state index contributed by atoms with van der Waals surface area (Å²) in [5.41, 5.74) is 6.16. The molecular formula is C14H27N3O3S. The zero-order valence-electron chi connectivity index (χ0n) is 12.8. The molecule has 1 heterocycles. The second-order valence-corrected chi connectivity index (χ2v) is 8.20. The van der Waals surface area contributed by atoms with Crippen molar-refractivity contribution in [2.45, 2.75) is 57.0 Å². The largest absolute Gasteiger partial charge is 0.341 e. The molecule has 0 spiro atoms. The third kappa shape index (κ3) is 4.93. The van der Waals surface area contributed by atoms with Crippen molar-refractivity contribution in [2.75, 3.05) is 19.3 Å². The van der Waals surface area contributed by atoms with Gasteiger partial charge in [0.25, 0.3) is 0 Å². The van der Waals surface area contributed by atoms with E-state index in [0.29, 0.717) is 13.1 Å². The number of sulfonamides is 1. The van der Waals surface area contributed by atoms with Gasteiger partial charge in [0.15, 0.2) is 0 Å². The highest BCUT2D eigenvalue weighted by Gasteiger charge is 2.33. The number of likely N-dealkylation sites (tertiary alicyclic amines) is 1. The molecule has 7 heteroatoms. The van der Waals surface area contributed by atoms with Gasteiger partial charge in [0.2, 0.25) is 15.9 Å². The molecule has 0 bridgehead atoms. The number of nitrogens with two attached hydrogens (primary N) is 1. The average Bonchev–Trinajstić information content (AvgIpc) is 2.61. The highest BCUT2D eigenvalue weighted by molar-refractivity contribution is 7.88. The van der Waals surface area contributed by atoms with Gasteiger partial charge in [-0.3, -0.25) is 4.79 Å². The highest BCUT2D eigenvalue weighted by Crippen LogP contribution is 2.25. The summed E-state index contributed by atoms with van der Waals surface area (Å²) < 4.78 is 25.3. The molecule has 6 nitrogen and oxygen atoms in total. The Morgan fingerprint density at radius 3 is 2.57 bits per heavy atom. The van der Waals surface area contributed by atoms with Crippen LogP contribution in [0.25, 0.3) is 0 Å². The minimum Gasteiger partial charge on any atom is -0.341 e. The molecule has 1 saturated heterocycles. The fourth-order valence-corrected chi connectivity index (χ4v) is 4.25. The maximum Gasteiger partial charge on any atom is 0.227 e. The molecule has 3 N–H and O–H groups in total. The van der Waals surface area contributed by atoms with E-state index in [1.165, 1.54) is 0 Å². The minimum atomic E-state index is -3.23. The van der Waals surface area contributed by atoms with E-state index >= 15 is 0 Å². The summed E-state index contributed by atoms with van der Waals surface area (Å²) in [4.78, 5) is 14.5. The van der Waals surface area contributed by atoms with Crippen molar-refractivity contribution in [3.8, 4) is 0 Å². The van der Waals surface area contributed by atoms with Crippen LogP contribution in [-0.2, 0) is 14.8 Å². The van der Waals surface area contributed by atoms with Crippen molar-refractivity contribution in [3.63, 3.8) is 0 Å². The van der Waals surface area contributed by atoms with Gasteiger partial charge in [-0.05, 0) is 25.7 Å². The van der Waals surface area contributed by atoms with Gasteiger partial charge in [0, 0.05) is 25.2 Å². The second-order valence-electron chi connectivity index (χ2n) is 6.42. The summed E-state index contributed by atoms with van der Waals surface area (Å²) in [7, 11) is -3.23. The molecule has 3 atom stereocenters. The SMILES string of the molecule is CS(=O)(=O)NC1CCCN(C(=O)C2CCCCCC2N)C1. The first-order chi connectivity index (χ1) is 9.87. The van der Waals surface area contributed by atoms with Crippen molar-refractivity contribution in [2.24, 2.45) is 11.7 Å². The van der Waals surface area contributed by atoms with Crippen LogP contribution in [0.1, 0.15) is 44.9 Å². The van der Waals surface area contributed by atoms with E-state index in [1.807, 2.05) is 4.90 Å². The first-order valence-corrected chi connectivity index (χ1v) is 9.77. The van der Waals surface area contributed by atoms with Crippen molar-refractivity contribution in [1.82, 2.24) is 9.62 Å². The monoisotopic (exact) mass is 317 g/mol. The van der Waals surface area contributed by atoms with Gasteiger partial charge in [-0.15, -0.1) is 0 Å². The molecule has 1 aliphatic heterocycles. The van der Waals surface area contributed by atoms with Crippen molar-refractivity contribution in [3.05, 3.63) is 0 Å². The molecule has 3 unspecified atom stereocenters. The number of hydrogen-bond donors (Lipinski definition) is 2. The van der Waals surface area contributed by atoms with E-state index < -0.39 is 10.0 Å². The van der Waals surface area contributed by atoms with Gasteiger partial charge in [-0.25, -0.2) is 13.1 Å². The minimum absolute atomic E-state index is 0.0526. The molecule has 0 aromatic carbocycles. The zero-order chi connectivity index (χ0) is 15.5. The van der Waals surface area contributed by atoms with Gasteiger partial charge in [0.05, 0.1) is 12.2 Å². The molecule has 1 aliphatic carbocycles. The van der Waals surface area contributed by atoms with E-state index in [0.717, 1.165) is 51.2 Å². The molecule has 0 aromatic rings. The Bertz CT molecular complexity index is 466. The summed E-state index contributed by atoms with van der Waals surface area (Å²) in [5, 5.41) is 0. The van der Waals surface area contributed by atoms with E-state index in [1.54, 1.807) is 0 Å². The lowest BCUT2D eigenvalue weighted by Crippen LogP contribution is -2.52. The van der Waals surface area contributed by atoms with Crippen molar-refractivity contribution >= 4 is 15.9 Å². The Hall–Kier alpha value is -0.660. The number of carbonyl (C=O) groups is 1. The Morgan fingerprint density at radius 1 is 1.14 bits per heavy atom. The van der Waals surface area contributed by atoms with E-state index in [4.69, 9.17) is 5.73 Å². The molecule has 122 valence electrons. The van der Waals surface area contributed by atoms with Crippen LogP contribution in [-0.4, -0.2) is 50.7 Å². The van der Waals surface area contributed by atoms with Crippen LogP contribution >= 0.6 is 0 Å². The smallest absolute Gasteiger partial charge is 0.227 e. The van der Waals surface area contributed by atoms with Gasteiger partial charge >= 0.3 is 0 Å². The number of carbonyl (C=O) groups excluding carboxylic acids is 1. The van der Waals surface area contributed by atoms with Gasteiger partial charge < -0.3 is 10.6 Å². The van der Waals surface area contributed by atoms with Gasteiger partial charge in [-0.2, -0.15) is 0 Å². The maximum absolute atomic E-state index is 12.7. The van der Waals surface area contributed by atoms with Crippen LogP contribution in [0.15, 0.2) is 0 Å². The van der Waals surface area contributed by atoms with Crippen LogP contribution in [0.2, 0.25) is 0 Å². The van der Waals surface area contributed by atoms with Crippen LogP contribution < -0.4 is 10.5 Å². The molecule has 21 heavy (non-hydrogen) atoms. The lowest BCUT2D eigenvalue weighted by Gasteiger charge is -2.36. The van der Waals surface area contributed by atoms with Crippen molar-refractivity contribution < 1.29 is 13.2 Å². The molecule has 0 aromatic heterocycles. The number of amides is 1. The van der Waals surface area contributed by atoms with Crippen LogP contribution in [0.3, 0.4) is 0 Å². The molecule has 2 rings (SSSR count). The van der Waals surface area contributed by atoms with Gasteiger partial charge in [-0.1, -0.05) is 19.3 Å². The highest BCUT2D eigenvalue weighted by atomic mass is 32.2. The molecular weight excluding hydrogens is 290 g/mol. The number of rotatable bonds is 3. The first kappa shape index (κ1) is 16.7. The van der Waals surface area contributed by atoms with Crippen LogP contribution in [0.4, 0.5) is 0 Å². The predicted octanol–water partition coefficient (Wildman–Crippen LogP) is 0.434. The first-order valence-electron chi connectivity index (χ1n) is 7.88. The van der Waals surface area contributed by atoms with E-state index in [9.17, 15) is 13.2 Å². The zero-order valence-corrected chi connectivity index (χ0v) is 13.6. The summed E-state index contributed by atoms with van der Waals surface area (Å²) in [6.45, 7) is 1.18. The fourth-order valence-electron chi connectivity index (χ4n) is 3.45. The maximum atomic E-state index is 12.7. The standard InChI is InChI=1S/C14H27N3O3S/c1-21(19,20)16-11-6-5-9-17(10-11)14(18)12-7-3-2-4-8-13(12)15/h11-13,16H,2-10,15H2,1H3. The van der Waals surface area contributed by atoms with Gasteiger partial charge in [0.1, 0.15) is 0 Å². The van der Waals surface area contributed by atoms with E-state index in [2.05, 4.69) is 4.72 Å². The number of nitrogens with one attached hydrogen (secondary N) is 1. The lowest BCUT2D eigenvalue weighted by atomic mass is 9.93. The number of nitrogens with zero attached hydrogens (tertiary/aromatic N) is 1. The second kappa shape index (κ2) is 7.07. The summed E-state index contributed by atoms with van der Waals surface area (Å²) in [6, 6.07) is -0.219. The summed E-state index contributed by atoms with van der Waals surface area (Å²) in [6.07, 6.45) is 7.86. The third-order valence-corrected chi connectivity index (χ3v) is 5.26. The Labute approximate surface area is 127 Å². The number of piperidine rings is 1. The molecule has 2 aliphatic rings.